The molecule has 72 valence electrons. The Labute approximate surface area is 83.2 Å². The van der Waals surface area contributed by atoms with Gasteiger partial charge in [0.1, 0.15) is 17.1 Å². The molecule has 4 heteroatoms. The van der Waals surface area contributed by atoms with Gasteiger partial charge in [0.25, 0.3) is 0 Å². The summed E-state index contributed by atoms with van der Waals surface area (Å²) in [6, 6.07) is 1.88. The quantitative estimate of drug-likeness (QED) is 0.754. The third-order valence-corrected chi connectivity index (χ3v) is 1.88. The highest BCUT2D eigenvalue weighted by Gasteiger charge is 1.96. The second-order valence-corrected chi connectivity index (χ2v) is 3.10. The molecular formula is C9H14N2OS. The van der Waals surface area contributed by atoms with Gasteiger partial charge in [0.15, 0.2) is 0 Å². The fourth-order valence-corrected chi connectivity index (χ4v) is 1.27. The van der Waals surface area contributed by atoms with E-state index < -0.39 is 0 Å². The fraction of sp³-hybridized carbons (Fsp3) is 0.556. The largest absolute Gasteiger partial charge is 0.374 e. The normalized spacial score (nSPS) is 10.3. The Morgan fingerprint density at radius 2 is 2.31 bits per heavy atom. The van der Waals surface area contributed by atoms with Crippen LogP contribution in [0.1, 0.15) is 25.4 Å². The number of nitrogens with one attached hydrogen (secondary N) is 1. The van der Waals surface area contributed by atoms with E-state index in [1.54, 1.807) is 0 Å². The van der Waals surface area contributed by atoms with Crippen molar-refractivity contribution in [3.63, 3.8) is 0 Å². The lowest BCUT2D eigenvalue weighted by atomic mass is 10.3. The van der Waals surface area contributed by atoms with E-state index in [4.69, 9.17) is 17.0 Å². The first-order valence-electron chi connectivity index (χ1n) is 4.43. The molecule has 0 bridgehead atoms. The summed E-state index contributed by atoms with van der Waals surface area (Å²) in [5, 5.41) is 0. The summed E-state index contributed by atoms with van der Waals surface area (Å²) in [4.78, 5) is 7.32. The van der Waals surface area contributed by atoms with Gasteiger partial charge in [0.05, 0.1) is 0 Å². The van der Waals surface area contributed by atoms with Crippen LogP contribution in [0.3, 0.4) is 0 Å². The van der Waals surface area contributed by atoms with E-state index in [9.17, 15) is 0 Å². The molecule has 0 saturated heterocycles. The van der Waals surface area contributed by atoms with Crippen LogP contribution in [0.5, 0.6) is 0 Å². The van der Waals surface area contributed by atoms with Crippen LogP contribution in [-0.2, 0) is 17.8 Å². The Bertz CT molecular complexity index is 322. The highest BCUT2D eigenvalue weighted by atomic mass is 32.1. The summed E-state index contributed by atoms with van der Waals surface area (Å²) in [5.41, 5.74) is 1.11. The van der Waals surface area contributed by atoms with Crippen LogP contribution < -0.4 is 0 Å². The number of aromatic nitrogens is 2. The standard InChI is InChI=1S/C9H14N2OS/c1-3-7-5-9(13)11-8(10-7)6-12-4-2/h5H,3-4,6H2,1-2H3,(H,10,11,13). The van der Waals surface area contributed by atoms with Crippen molar-refractivity contribution in [1.29, 1.82) is 0 Å². The molecule has 0 aliphatic carbocycles. The first-order valence-corrected chi connectivity index (χ1v) is 4.84. The van der Waals surface area contributed by atoms with Crippen LogP contribution in [-0.4, -0.2) is 16.6 Å². The van der Waals surface area contributed by atoms with E-state index in [1.165, 1.54) is 0 Å². The highest BCUT2D eigenvalue weighted by Crippen LogP contribution is 2.00. The lowest BCUT2D eigenvalue weighted by Crippen LogP contribution is -2.01. The predicted molar refractivity (Wildman–Crippen MR) is 54.1 cm³/mol. The lowest BCUT2D eigenvalue weighted by molar-refractivity contribution is 0.128. The van der Waals surface area contributed by atoms with Crippen LogP contribution in [0.4, 0.5) is 0 Å². The monoisotopic (exact) mass is 198 g/mol. The van der Waals surface area contributed by atoms with Crippen molar-refractivity contribution in [2.75, 3.05) is 6.61 Å². The minimum absolute atomic E-state index is 0.508. The molecule has 1 heterocycles. The van der Waals surface area contributed by atoms with E-state index in [0.717, 1.165) is 17.9 Å². The molecule has 3 nitrogen and oxygen atoms in total. The zero-order valence-electron chi connectivity index (χ0n) is 7.96. The van der Waals surface area contributed by atoms with Gasteiger partial charge < -0.3 is 9.72 Å². The SMILES string of the molecule is CCOCc1nc(=S)cc(CC)[nH]1. The topological polar surface area (TPSA) is 37.9 Å². The summed E-state index contributed by atoms with van der Waals surface area (Å²) in [6.45, 7) is 5.23. The second kappa shape index (κ2) is 5.09. The van der Waals surface area contributed by atoms with Gasteiger partial charge in [-0.25, -0.2) is 4.98 Å². The minimum atomic E-state index is 0.508. The Hall–Kier alpha value is -0.740. The number of hydrogen-bond acceptors (Lipinski definition) is 3. The molecule has 1 rings (SSSR count). The van der Waals surface area contributed by atoms with Crippen LogP contribution in [0.15, 0.2) is 6.07 Å². The molecule has 13 heavy (non-hydrogen) atoms. The van der Waals surface area contributed by atoms with Gasteiger partial charge in [-0.05, 0) is 19.4 Å². The fourth-order valence-electron chi connectivity index (χ4n) is 1.02. The molecule has 0 saturated carbocycles. The molecule has 0 spiro atoms. The van der Waals surface area contributed by atoms with Crippen LogP contribution in [0, 0.1) is 4.64 Å². The molecule has 0 aromatic carbocycles. The number of aryl methyl sites for hydroxylation is 1. The van der Waals surface area contributed by atoms with Crippen molar-refractivity contribution in [3.8, 4) is 0 Å². The van der Waals surface area contributed by atoms with Gasteiger partial charge in [-0.15, -0.1) is 0 Å². The van der Waals surface area contributed by atoms with E-state index in [0.29, 0.717) is 17.9 Å². The van der Waals surface area contributed by atoms with Gasteiger partial charge in [0, 0.05) is 12.3 Å². The maximum Gasteiger partial charge on any atom is 0.134 e. The van der Waals surface area contributed by atoms with E-state index in [-0.39, 0.29) is 0 Å². The van der Waals surface area contributed by atoms with Crippen molar-refractivity contribution in [1.82, 2.24) is 9.97 Å². The molecule has 0 aliphatic heterocycles. The summed E-state index contributed by atoms with van der Waals surface area (Å²) < 4.78 is 5.86. The molecule has 0 aliphatic rings. The van der Waals surface area contributed by atoms with Gasteiger partial charge in [-0.2, -0.15) is 0 Å². The smallest absolute Gasteiger partial charge is 0.134 e. The Balaban J connectivity index is 2.82. The highest BCUT2D eigenvalue weighted by molar-refractivity contribution is 7.71. The van der Waals surface area contributed by atoms with Gasteiger partial charge >= 0.3 is 0 Å². The number of rotatable bonds is 4. The summed E-state index contributed by atoms with van der Waals surface area (Å²) in [6.07, 6.45) is 0.936. The summed E-state index contributed by atoms with van der Waals surface area (Å²) in [5.74, 6) is 0.811. The third kappa shape index (κ3) is 3.24. The molecule has 1 aromatic rings. The van der Waals surface area contributed by atoms with Gasteiger partial charge in [-0.3, -0.25) is 0 Å². The molecular weight excluding hydrogens is 184 g/mol. The maximum absolute atomic E-state index is 5.23. The summed E-state index contributed by atoms with van der Waals surface area (Å²) in [7, 11) is 0. The molecule has 1 N–H and O–H groups in total. The van der Waals surface area contributed by atoms with Crippen molar-refractivity contribution in [3.05, 3.63) is 22.2 Å². The third-order valence-electron chi connectivity index (χ3n) is 1.67. The molecule has 1 aromatic heterocycles. The predicted octanol–water partition coefficient (Wildman–Crippen LogP) is 2.24. The zero-order valence-corrected chi connectivity index (χ0v) is 8.78. The molecule has 0 unspecified atom stereocenters. The second-order valence-electron chi connectivity index (χ2n) is 2.68. The number of nitrogens with zero attached hydrogens (tertiary/aromatic N) is 1. The minimum Gasteiger partial charge on any atom is -0.374 e. The van der Waals surface area contributed by atoms with Crippen molar-refractivity contribution < 1.29 is 4.74 Å². The van der Waals surface area contributed by atoms with Crippen LogP contribution in [0.25, 0.3) is 0 Å². The molecule has 0 amide bonds. The first-order chi connectivity index (χ1) is 6.26. The number of ether oxygens (including phenoxy) is 1. The van der Waals surface area contributed by atoms with E-state index in [1.807, 2.05) is 13.0 Å². The first kappa shape index (κ1) is 10.3. The molecule has 0 radical (unpaired) electrons. The molecule has 0 atom stereocenters. The average molecular weight is 198 g/mol. The number of H-pyrrole nitrogens is 1. The van der Waals surface area contributed by atoms with Crippen molar-refractivity contribution in [2.45, 2.75) is 26.9 Å². The van der Waals surface area contributed by atoms with Gasteiger partial charge in [0.2, 0.25) is 0 Å². The molecule has 0 fully saturated rings. The van der Waals surface area contributed by atoms with Crippen LogP contribution >= 0.6 is 12.2 Å². The Morgan fingerprint density at radius 1 is 1.54 bits per heavy atom. The van der Waals surface area contributed by atoms with Gasteiger partial charge in [-0.1, -0.05) is 19.1 Å². The average Bonchev–Trinajstić information content (AvgIpc) is 2.14. The van der Waals surface area contributed by atoms with E-state index >= 15 is 0 Å². The van der Waals surface area contributed by atoms with E-state index in [2.05, 4.69) is 16.9 Å². The summed E-state index contributed by atoms with van der Waals surface area (Å²) >= 11 is 5.02. The maximum atomic E-state index is 5.23. The number of hydrogen-bond donors (Lipinski definition) is 1. The Morgan fingerprint density at radius 3 is 2.92 bits per heavy atom. The van der Waals surface area contributed by atoms with Crippen molar-refractivity contribution >= 4 is 12.2 Å². The van der Waals surface area contributed by atoms with Crippen molar-refractivity contribution in [2.24, 2.45) is 0 Å². The Kier molecular flexibility index (Phi) is 4.05. The van der Waals surface area contributed by atoms with Crippen LogP contribution in [0.2, 0.25) is 0 Å². The number of aromatic amines is 1. The zero-order chi connectivity index (χ0) is 9.68. The lowest BCUT2D eigenvalue weighted by Gasteiger charge is -2.03.